The summed E-state index contributed by atoms with van der Waals surface area (Å²) >= 11 is 3.54. The van der Waals surface area contributed by atoms with E-state index in [4.69, 9.17) is 9.47 Å². The van der Waals surface area contributed by atoms with Crippen LogP contribution < -0.4 is 14.8 Å². The molecule has 0 aliphatic rings. The zero-order chi connectivity index (χ0) is 15.2. The lowest BCUT2D eigenvalue weighted by molar-refractivity contribution is 0.296. The molecule has 0 aliphatic heterocycles. The van der Waals surface area contributed by atoms with E-state index in [1.807, 2.05) is 37.4 Å². The Morgan fingerprint density at radius 1 is 1.10 bits per heavy atom. The van der Waals surface area contributed by atoms with Gasteiger partial charge >= 0.3 is 0 Å². The average molecular weight is 350 g/mol. The molecule has 0 aliphatic carbocycles. The Morgan fingerprint density at radius 3 is 2.62 bits per heavy atom. The monoisotopic (exact) mass is 349 g/mol. The molecule has 112 valence electrons. The summed E-state index contributed by atoms with van der Waals surface area (Å²) in [5, 5.41) is 3.15. The van der Waals surface area contributed by atoms with Crippen LogP contribution in [0.1, 0.15) is 16.7 Å². The van der Waals surface area contributed by atoms with Gasteiger partial charge in [0.15, 0.2) is 0 Å². The topological polar surface area (TPSA) is 30.5 Å². The van der Waals surface area contributed by atoms with Gasteiger partial charge in [0.1, 0.15) is 18.1 Å². The van der Waals surface area contributed by atoms with Gasteiger partial charge in [0.05, 0.1) is 7.11 Å². The van der Waals surface area contributed by atoms with E-state index in [0.29, 0.717) is 6.61 Å². The lowest BCUT2D eigenvalue weighted by Gasteiger charge is -2.12. The van der Waals surface area contributed by atoms with E-state index < -0.39 is 0 Å². The molecule has 2 aromatic rings. The third-order valence-electron chi connectivity index (χ3n) is 3.21. The summed E-state index contributed by atoms with van der Waals surface area (Å²) in [6.07, 6.45) is 0. The zero-order valence-corrected chi connectivity index (χ0v) is 14.2. The number of hydrogen-bond acceptors (Lipinski definition) is 3. The standard InChI is InChI=1S/C17H20BrNO2/c1-12-4-7-17(20-3)14(8-12)11-21-15-5-6-16(18)13(9-15)10-19-2/h4-9,19H,10-11H2,1-3H3. The van der Waals surface area contributed by atoms with E-state index in [1.54, 1.807) is 7.11 Å². The van der Waals surface area contributed by atoms with Crippen molar-refractivity contribution in [2.75, 3.05) is 14.2 Å². The Kier molecular flexibility index (Phi) is 5.65. The van der Waals surface area contributed by atoms with Crippen molar-refractivity contribution < 1.29 is 9.47 Å². The molecule has 0 bridgehead atoms. The fourth-order valence-corrected chi connectivity index (χ4v) is 2.53. The lowest BCUT2D eigenvalue weighted by Crippen LogP contribution is -2.06. The van der Waals surface area contributed by atoms with E-state index in [2.05, 4.69) is 34.2 Å². The van der Waals surface area contributed by atoms with Crippen molar-refractivity contribution in [1.29, 1.82) is 0 Å². The molecule has 0 heterocycles. The maximum Gasteiger partial charge on any atom is 0.125 e. The third kappa shape index (κ3) is 4.22. The predicted molar refractivity (Wildman–Crippen MR) is 89.0 cm³/mol. The Hall–Kier alpha value is -1.52. The molecule has 0 saturated heterocycles. The van der Waals surface area contributed by atoms with Crippen molar-refractivity contribution in [1.82, 2.24) is 5.32 Å². The molecular weight excluding hydrogens is 330 g/mol. The van der Waals surface area contributed by atoms with Gasteiger partial charge in [-0.25, -0.2) is 0 Å². The molecule has 2 aromatic carbocycles. The predicted octanol–water partition coefficient (Wildman–Crippen LogP) is 4.06. The molecule has 1 N–H and O–H groups in total. The lowest BCUT2D eigenvalue weighted by atomic mass is 10.1. The highest BCUT2D eigenvalue weighted by atomic mass is 79.9. The van der Waals surface area contributed by atoms with Crippen molar-refractivity contribution in [3.05, 3.63) is 57.6 Å². The van der Waals surface area contributed by atoms with Gasteiger partial charge < -0.3 is 14.8 Å². The third-order valence-corrected chi connectivity index (χ3v) is 3.99. The van der Waals surface area contributed by atoms with Gasteiger partial charge in [0.25, 0.3) is 0 Å². The fraction of sp³-hybridized carbons (Fsp3) is 0.294. The summed E-state index contributed by atoms with van der Waals surface area (Å²) in [6.45, 7) is 3.35. The van der Waals surface area contributed by atoms with E-state index in [0.717, 1.165) is 28.1 Å². The first kappa shape index (κ1) is 15.9. The number of halogens is 1. The maximum atomic E-state index is 5.90. The molecule has 0 saturated carbocycles. The average Bonchev–Trinajstić information content (AvgIpc) is 2.48. The second-order valence-electron chi connectivity index (χ2n) is 4.89. The normalized spacial score (nSPS) is 10.5. The number of rotatable bonds is 6. The first-order valence-electron chi connectivity index (χ1n) is 6.83. The van der Waals surface area contributed by atoms with Crippen molar-refractivity contribution >= 4 is 15.9 Å². The van der Waals surface area contributed by atoms with Crippen LogP contribution in [0.5, 0.6) is 11.5 Å². The molecule has 0 fully saturated rings. The second kappa shape index (κ2) is 7.48. The number of ether oxygens (including phenoxy) is 2. The fourth-order valence-electron chi connectivity index (χ4n) is 2.15. The minimum atomic E-state index is 0.492. The summed E-state index contributed by atoms with van der Waals surface area (Å²) in [5.74, 6) is 1.71. The molecule has 0 atom stereocenters. The smallest absolute Gasteiger partial charge is 0.125 e. The number of benzene rings is 2. The summed E-state index contributed by atoms with van der Waals surface area (Å²) in [7, 11) is 3.61. The molecule has 3 nitrogen and oxygen atoms in total. The highest BCUT2D eigenvalue weighted by Gasteiger charge is 2.06. The Labute approximate surface area is 134 Å². The Bertz CT molecular complexity index is 614. The molecule has 4 heteroatoms. The quantitative estimate of drug-likeness (QED) is 0.852. The molecule has 0 unspecified atom stereocenters. The van der Waals surface area contributed by atoms with Crippen LogP contribution in [0.4, 0.5) is 0 Å². The van der Waals surface area contributed by atoms with Crippen molar-refractivity contribution in [3.8, 4) is 11.5 Å². The van der Waals surface area contributed by atoms with Crippen molar-refractivity contribution in [2.45, 2.75) is 20.1 Å². The zero-order valence-electron chi connectivity index (χ0n) is 12.6. The molecule has 21 heavy (non-hydrogen) atoms. The van der Waals surface area contributed by atoms with Crippen molar-refractivity contribution in [3.63, 3.8) is 0 Å². The summed E-state index contributed by atoms with van der Waals surface area (Å²) in [5.41, 5.74) is 3.42. The van der Waals surface area contributed by atoms with E-state index >= 15 is 0 Å². The van der Waals surface area contributed by atoms with Gasteiger partial charge in [-0.1, -0.05) is 27.6 Å². The van der Waals surface area contributed by atoms with Crippen LogP contribution in [0.3, 0.4) is 0 Å². The maximum absolute atomic E-state index is 5.90. The number of nitrogens with one attached hydrogen (secondary N) is 1. The SMILES string of the molecule is CNCc1cc(OCc2cc(C)ccc2OC)ccc1Br. The van der Waals surface area contributed by atoms with Crippen LogP contribution >= 0.6 is 15.9 Å². The Morgan fingerprint density at radius 2 is 1.90 bits per heavy atom. The largest absolute Gasteiger partial charge is 0.496 e. The highest BCUT2D eigenvalue weighted by molar-refractivity contribution is 9.10. The summed E-state index contributed by atoms with van der Waals surface area (Å²) < 4.78 is 12.4. The van der Waals surface area contributed by atoms with E-state index in [9.17, 15) is 0 Å². The molecule has 0 radical (unpaired) electrons. The number of hydrogen-bond donors (Lipinski definition) is 1. The van der Waals surface area contributed by atoms with Crippen LogP contribution in [-0.2, 0) is 13.2 Å². The Balaban J connectivity index is 2.13. The van der Waals surface area contributed by atoms with Gasteiger partial charge in [-0.3, -0.25) is 0 Å². The van der Waals surface area contributed by atoms with Gasteiger partial charge in [-0.2, -0.15) is 0 Å². The van der Waals surface area contributed by atoms with Gasteiger partial charge in [0, 0.05) is 16.6 Å². The molecule has 0 aromatic heterocycles. The van der Waals surface area contributed by atoms with Crippen LogP contribution in [0, 0.1) is 6.92 Å². The van der Waals surface area contributed by atoms with Crippen LogP contribution in [0.25, 0.3) is 0 Å². The number of methoxy groups -OCH3 is 1. The summed E-state index contributed by atoms with van der Waals surface area (Å²) in [4.78, 5) is 0. The minimum Gasteiger partial charge on any atom is -0.496 e. The first-order chi connectivity index (χ1) is 10.1. The first-order valence-corrected chi connectivity index (χ1v) is 7.62. The van der Waals surface area contributed by atoms with Gasteiger partial charge in [0.2, 0.25) is 0 Å². The van der Waals surface area contributed by atoms with E-state index in [-0.39, 0.29) is 0 Å². The van der Waals surface area contributed by atoms with E-state index in [1.165, 1.54) is 11.1 Å². The van der Waals surface area contributed by atoms with Gasteiger partial charge in [-0.15, -0.1) is 0 Å². The molecule has 0 spiro atoms. The minimum absolute atomic E-state index is 0.492. The van der Waals surface area contributed by atoms with Crippen molar-refractivity contribution in [2.24, 2.45) is 0 Å². The van der Waals surface area contributed by atoms with Gasteiger partial charge in [-0.05, 0) is 49.9 Å². The van der Waals surface area contributed by atoms with Crippen LogP contribution in [0.2, 0.25) is 0 Å². The summed E-state index contributed by atoms with van der Waals surface area (Å²) in [6, 6.07) is 12.1. The van der Waals surface area contributed by atoms with Crippen LogP contribution in [0.15, 0.2) is 40.9 Å². The second-order valence-corrected chi connectivity index (χ2v) is 5.74. The highest BCUT2D eigenvalue weighted by Crippen LogP contribution is 2.25. The molecule has 0 amide bonds. The molecular formula is C17H20BrNO2. The number of aryl methyl sites for hydroxylation is 1. The molecule has 2 rings (SSSR count). The van der Waals surface area contributed by atoms with Crippen LogP contribution in [-0.4, -0.2) is 14.2 Å².